The zero-order valence-electron chi connectivity index (χ0n) is 17.2. The maximum Gasteiger partial charge on any atom is 0.242 e. The molecule has 2 aromatic heterocycles. The third kappa shape index (κ3) is 5.64. The molecular formula is C21H30ClN3O3. The first-order chi connectivity index (χ1) is 13.3. The molecule has 2 rings (SSSR count). The average molecular weight is 408 g/mol. The summed E-state index contributed by atoms with van der Waals surface area (Å²) in [6.07, 6.45) is 4.31. The maximum absolute atomic E-state index is 13.2. The summed E-state index contributed by atoms with van der Waals surface area (Å²) < 4.78 is 7.42. The second kappa shape index (κ2) is 9.82. The van der Waals surface area contributed by atoms with Crippen molar-refractivity contribution in [2.45, 2.75) is 40.3 Å². The highest BCUT2D eigenvalue weighted by Gasteiger charge is 2.32. The van der Waals surface area contributed by atoms with E-state index in [-0.39, 0.29) is 24.2 Å². The molecule has 7 heteroatoms. The van der Waals surface area contributed by atoms with Gasteiger partial charge in [0.2, 0.25) is 11.8 Å². The highest BCUT2D eigenvalue weighted by atomic mass is 35.5. The van der Waals surface area contributed by atoms with Crippen molar-refractivity contribution in [1.29, 1.82) is 0 Å². The minimum Gasteiger partial charge on any atom is -0.467 e. The van der Waals surface area contributed by atoms with Crippen LogP contribution in [0.2, 0.25) is 0 Å². The molecule has 0 spiro atoms. The minimum absolute atomic E-state index is 0.0259. The fourth-order valence-corrected chi connectivity index (χ4v) is 3.06. The molecule has 0 N–H and O–H groups in total. The minimum atomic E-state index is -0.707. The van der Waals surface area contributed by atoms with Crippen LogP contribution < -0.4 is 0 Å². The van der Waals surface area contributed by atoms with Crippen molar-refractivity contribution in [1.82, 2.24) is 14.4 Å². The summed E-state index contributed by atoms with van der Waals surface area (Å²) in [6.45, 7) is 6.94. The normalized spacial score (nSPS) is 11.5. The van der Waals surface area contributed by atoms with Gasteiger partial charge < -0.3 is 18.8 Å². The van der Waals surface area contributed by atoms with Gasteiger partial charge in [0.15, 0.2) is 0 Å². The van der Waals surface area contributed by atoms with Crippen molar-refractivity contribution < 1.29 is 14.0 Å². The summed E-state index contributed by atoms with van der Waals surface area (Å²) >= 11 is 5.98. The molecular weight excluding hydrogens is 378 g/mol. The SMILES string of the molecule is CCCN(CC(=O)N(Cc1ccco1)Cc1cccn1C)C(=O)C(C)(C)CCl. The lowest BCUT2D eigenvalue weighted by atomic mass is 9.94. The number of halogens is 1. The molecule has 0 aliphatic heterocycles. The average Bonchev–Trinajstić information content (AvgIpc) is 3.32. The van der Waals surface area contributed by atoms with Crippen molar-refractivity contribution in [3.05, 3.63) is 48.2 Å². The Bertz CT molecular complexity index is 768. The molecule has 0 saturated carbocycles. The van der Waals surface area contributed by atoms with E-state index >= 15 is 0 Å². The van der Waals surface area contributed by atoms with Crippen molar-refractivity contribution >= 4 is 23.4 Å². The first-order valence-corrected chi connectivity index (χ1v) is 10.1. The van der Waals surface area contributed by atoms with E-state index in [0.717, 1.165) is 12.1 Å². The molecule has 0 fully saturated rings. The van der Waals surface area contributed by atoms with Crippen LogP contribution in [0.5, 0.6) is 0 Å². The summed E-state index contributed by atoms with van der Waals surface area (Å²) in [5.74, 6) is 0.691. The quantitative estimate of drug-likeness (QED) is 0.565. The first kappa shape index (κ1) is 22.1. The lowest BCUT2D eigenvalue weighted by Crippen LogP contribution is -2.47. The second-order valence-electron chi connectivity index (χ2n) is 7.68. The van der Waals surface area contributed by atoms with E-state index < -0.39 is 5.41 Å². The smallest absolute Gasteiger partial charge is 0.242 e. The Morgan fingerprint density at radius 3 is 2.46 bits per heavy atom. The molecule has 6 nitrogen and oxygen atoms in total. The van der Waals surface area contributed by atoms with Gasteiger partial charge in [0, 0.05) is 31.4 Å². The molecule has 28 heavy (non-hydrogen) atoms. The van der Waals surface area contributed by atoms with E-state index in [4.69, 9.17) is 16.0 Å². The fourth-order valence-electron chi connectivity index (χ4n) is 2.95. The number of carbonyl (C=O) groups excluding carboxylic acids is 2. The predicted molar refractivity (Wildman–Crippen MR) is 110 cm³/mol. The van der Waals surface area contributed by atoms with Crippen molar-refractivity contribution in [3.8, 4) is 0 Å². The number of amides is 2. The molecule has 0 aromatic carbocycles. The molecule has 0 saturated heterocycles. The Balaban J connectivity index is 2.19. The van der Waals surface area contributed by atoms with Crippen LogP contribution in [0.3, 0.4) is 0 Å². The van der Waals surface area contributed by atoms with Crippen molar-refractivity contribution in [3.63, 3.8) is 0 Å². The van der Waals surface area contributed by atoms with Crippen molar-refractivity contribution in [2.24, 2.45) is 12.5 Å². The number of alkyl halides is 1. The molecule has 0 unspecified atom stereocenters. The molecule has 0 aliphatic carbocycles. The maximum atomic E-state index is 13.2. The molecule has 2 aromatic rings. The van der Waals surface area contributed by atoms with Gasteiger partial charge in [-0.25, -0.2) is 0 Å². The van der Waals surface area contributed by atoms with Gasteiger partial charge in [-0.1, -0.05) is 6.92 Å². The molecule has 0 radical (unpaired) electrons. The molecule has 2 heterocycles. The van der Waals surface area contributed by atoms with E-state index in [0.29, 0.717) is 25.4 Å². The largest absolute Gasteiger partial charge is 0.467 e. The second-order valence-corrected chi connectivity index (χ2v) is 7.95. The monoisotopic (exact) mass is 407 g/mol. The van der Waals surface area contributed by atoms with Gasteiger partial charge in [-0.2, -0.15) is 0 Å². The van der Waals surface area contributed by atoms with Gasteiger partial charge in [-0.05, 0) is 44.5 Å². The van der Waals surface area contributed by atoms with Crippen LogP contribution in [0.1, 0.15) is 38.6 Å². The Morgan fingerprint density at radius 2 is 1.93 bits per heavy atom. The third-order valence-corrected chi connectivity index (χ3v) is 5.37. The Kier molecular flexibility index (Phi) is 7.75. The predicted octanol–water partition coefficient (Wildman–Crippen LogP) is 3.65. The van der Waals surface area contributed by atoms with Crippen LogP contribution in [0.25, 0.3) is 0 Å². The highest BCUT2D eigenvalue weighted by Crippen LogP contribution is 2.21. The summed E-state index contributed by atoms with van der Waals surface area (Å²) in [7, 11) is 1.95. The summed E-state index contributed by atoms with van der Waals surface area (Å²) in [4.78, 5) is 29.4. The van der Waals surface area contributed by atoms with Gasteiger partial charge in [0.05, 0.1) is 31.3 Å². The number of aromatic nitrogens is 1. The Labute approximate surface area is 172 Å². The lowest BCUT2D eigenvalue weighted by molar-refractivity contribution is -0.146. The van der Waals surface area contributed by atoms with E-state index in [1.165, 1.54) is 0 Å². The summed E-state index contributed by atoms with van der Waals surface area (Å²) in [5.41, 5.74) is 0.301. The van der Waals surface area contributed by atoms with Crippen LogP contribution >= 0.6 is 11.6 Å². The van der Waals surface area contributed by atoms with Crippen LogP contribution in [0, 0.1) is 5.41 Å². The third-order valence-electron chi connectivity index (χ3n) is 4.70. The number of nitrogens with zero attached hydrogens (tertiary/aromatic N) is 3. The highest BCUT2D eigenvalue weighted by molar-refractivity contribution is 6.19. The Morgan fingerprint density at radius 1 is 1.18 bits per heavy atom. The van der Waals surface area contributed by atoms with Gasteiger partial charge >= 0.3 is 0 Å². The zero-order chi connectivity index (χ0) is 20.7. The first-order valence-electron chi connectivity index (χ1n) is 9.54. The summed E-state index contributed by atoms with van der Waals surface area (Å²) in [6, 6.07) is 7.57. The summed E-state index contributed by atoms with van der Waals surface area (Å²) in [5, 5.41) is 0. The number of furan rings is 1. The van der Waals surface area contributed by atoms with Gasteiger partial charge in [-0.15, -0.1) is 11.6 Å². The van der Waals surface area contributed by atoms with E-state index in [1.54, 1.807) is 36.0 Å². The number of hydrogen-bond donors (Lipinski definition) is 0. The standard InChI is InChI=1S/C21H30ClN3O3/c1-5-10-24(20(27)21(2,3)16-22)15-19(26)25(14-18-9-7-12-28-18)13-17-8-6-11-23(17)4/h6-9,11-12H,5,10,13-16H2,1-4H3. The topological polar surface area (TPSA) is 58.7 Å². The molecule has 2 amide bonds. The number of hydrogen-bond acceptors (Lipinski definition) is 3. The fraction of sp³-hybridized carbons (Fsp3) is 0.524. The molecule has 0 aliphatic rings. The van der Waals surface area contributed by atoms with E-state index in [2.05, 4.69) is 0 Å². The zero-order valence-corrected chi connectivity index (χ0v) is 17.9. The van der Waals surface area contributed by atoms with Crippen LogP contribution in [0.15, 0.2) is 41.1 Å². The van der Waals surface area contributed by atoms with Crippen LogP contribution in [-0.2, 0) is 29.7 Å². The van der Waals surface area contributed by atoms with Gasteiger partial charge in [0.1, 0.15) is 5.76 Å². The Hall–Kier alpha value is -2.21. The van der Waals surface area contributed by atoms with E-state index in [9.17, 15) is 9.59 Å². The van der Waals surface area contributed by atoms with Gasteiger partial charge in [0.25, 0.3) is 0 Å². The number of rotatable bonds is 10. The van der Waals surface area contributed by atoms with Crippen LogP contribution in [-0.4, -0.2) is 45.2 Å². The lowest BCUT2D eigenvalue weighted by Gasteiger charge is -2.32. The molecule has 0 atom stereocenters. The number of carbonyl (C=O) groups is 2. The van der Waals surface area contributed by atoms with Crippen LogP contribution in [0.4, 0.5) is 0 Å². The molecule has 154 valence electrons. The molecule has 0 bridgehead atoms. The van der Waals surface area contributed by atoms with Crippen molar-refractivity contribution in [2.75, 3.05) is 19.0 Å². The number of aryl methyl sites for hydroxylation is 1. The van der Waals surface area contributed by atoms with E-state index in [1.807, 2.05) is 42.9 Å². The van der Waals surface area contributed by atoms with Gasteiger partial charge in [-0.3, -0.25) is 9.59 Å².